The Morgan fingerprint density at radius 2 is 1.91 bits per heavy atom. The summed E-state index contributed by atoms with van der Waals surface area (Å²) >= 11 is 0. The smallest absolute Gasteiger partial charge is 0.543 e. The SMILES string of the molecule is CO[C@H](C1=C(C(=O)[O-])N2C(=O)[C@H]([C@@H](C)O)C2[C@H]1C)C(C)C.[Na+]. The van der Waals surface area contributed by atoms with Gasteiger partial charge in [-0.1, -0.05) is 20.8 Å². The van der Waals surface area contributed by atoms with Crippen molar-refractivity contribution in [2.24, 2.45) is 17.8 Å². The number of carbonyl (C=O) groups is 2. The fourth-order valence-electron chi connectivity index (χ4n) is 3.72. The molecule has 0 spiro atoms. The van der Waals surface area contributed by atoms with Crippen molar-refractivity contribution in [3.63, 3.8) is 0 Å². The molecule has 0 aromatic carbocycles. The molecule has 0 aromatic heterocycles. The normalized spacial score (nSPS) is 29.9. The second kappa shape index (κ2) is 7.01. The third-order valence-corrected chi connectivity index (χ3v) is 4.58. The predicted molar refractivity (Wildman–Crippen MR) is 72.6 cm³/mol. The summed E-state index contributed by atoms with van der Waals surface area (Å²) in [5.41, 5.74) is 0.518. The molecule has 1 amide bonds. The minimum absolute atomic E-state index is 0. The molecule has 0 bridgehead atoms. The minimum atomic E-state index is -1.36. The first kappa shape index (κ1) is 19.6. The van der Waals surface area contributed by atoms with Gasteiger partial charge in [-0.25, -0.2) is 0 Å². The molecular weight excluding hydrogens is 297 g/mol. The van der Waals surface area contributed by atoms with Crippen LogP contribution in [0.3, 0.4) is 0 Å². The van der Waals surface area contributed by atoms with Gasteiger partial charge in [-0.2, -0.15) is 0 Å². The number of ether oxygens (including phenoxy) is 1. The van der Waals surface area contributed by atoms with Crippen molar-refractivity contribution in [1.82, 2.24) is 4.90 Å². The Bertz CT molecular complexity index is 502. The Morgan fingerprint density at radius 1 is 1.36 bits per heavy atom. The van der Waals surface area contributed by atoms with E-state index in [1.165, 1.54) is 12.0 Å². The summed E-state index contributed by atoms with van der Waals surface area (Å²) in [6.45, 7) is 7.30. The number of carboxylic acid groups (broad SMARTS) is 1. The second-order valence-corrected chi connectivity index (χ2v) is 6.25. The molecule has 0 aromatic rings. The molecular formula is C15H22NNaO5. The molecule has 2 rings (SSSR count). The second-order valence-electron chi connectivity index (χ2n) is 6.25. The number of carbonyl (C=O) groups excluding carboxylic acids is 2. The van der Waals surface area contributed by atoms with Crippen LogP contribution in [-0.2, 0) is 14.3 Å². The minimum Gasteiger partial charge on any atom is -0.543 e. The molecule has 7 heteroatoms. The van der Waals surface area contributed by atoms with E-state index in [0.29, 0.717) is 5.57 Å². The summed E-state index contributed by atoms with van der Waals surface area (Å²) in [7, 11) is 1.53. The van der Waals surface area contributed by atoms with Gasteiger partial charge in [-0.05, 0) is 18.4 Å². The molecule has 1 unspecified atom stereocenters. The van der Waals surface area contributed by atoms with Crippen LogP contribution >= 0.6 is 0 Å². The van der Waals surface area contributed by atoms with Crippen LogP contribution in [0.2, 0.25) is 0 Å². The van der Waals surface area contributed by atoms with Crippen molar-refractivity contribution in [3.8, 4) is 0 Å². The van der Waals surface area contributed by atoms with E-state index in [-0.39, 0.29) is 65.1 Å². The number of rotatable bonds is 5. The molecule has 0 saturated carbocycles. The maximum atomic E-state index is 12.2. The van der Waals surface area contributed by atoms with Crippen molar-refractivity contribution in [3.05, 3.63) is 11.3 Å². The fourth-order valence-corrected chi connectivity index (χ4v) is 3.72. The molecule has 5 atom stereocenters. The van der Waals surface area contributed by atoms with Gasteiger partial charge in [0, 0.05) is 13.0 Å². The van der Waals surface area contributed by atoms with Crippen LogP contribution in [0.4, 0.5) is 0 Å². The number of fused-ring (bicyclic) bond motifs is 1. The van der Waals surface area contributed by atoms with Crippen LogP contribution in [-0.4, -0.2) is 47.2 Å². The average molecular weight is 319 g/mol. The number of amides is 1. The number of aliphatic hydroxyl groups excluding tert-OH is 1. The zero-order valence-corrected chi connectivity index (χ0v) is 16.0. The van der Waals surface area contributed by atoms with Gasteiger partial charge in [-0.3, -0.25) is 4.79 Å². The quantitative estimate of drug-likeness (QED) is 0.420. The number of hydrogen-bond acceptors (Lipinski definition) is 5. The molecule has 2 aliphatic heterocycles. The van der Waals surface area contributed by atoms with Crippen LogP contribution < -0.4 is 34.7 Å². The van der Waals surface area contributed by atoms with Crippen LogP contribution in [0.1, 0.15) is 27.7 Å². The van der Waals surface area contributed by atoms with E-state index >= 15 is 0 Å². The molecule has 2 aliphatic rings. The monoisotopic (exact) mass is 319 g/mol. The van der Waals surface area contributed by atoms with Crippen molar-refractivity contribution in [2.45, 2.75) is 45.9 Å². The van der Waals surface area contributed by atoms with Gasteiger partial charge in [0.2, 0.25) is 5.91 Å². The van der Waals surface area contributed by atoms with Gasteiger partial charge < -0.3 is 24.6 Å². The number of hydrogen-bond donors (Lipinski definition) is 1. The Balaban J connectivity index is 0.00000242. The van der Waals surface area contributed by atoms with E-state index in [1.54, 1.807) is 6.92 Å². The third kappa shape index (κ3) is 2.76. The predicted octanol–water partition coefficient (Wildman–Crippen LogP) is -3.48. The molecule has 0 radical (unpaired) electrons. The van der Waals surface area contributed by atoms with Crippen molar-refractivity contribution < 1.29 is 54.1 Å². The zero-order chi connectivity index (χ0) is 16.1. The van der Waals surface area contributed by atoms with E-state index in [0.717, 1.165) is 0 Å². The maximum absolute atomic E-state index is 12.2. The van der Waals surface area contributed by atoms with Gasteiger partial charge in [0.1, 0.15) is 0 Å². The number of nitrogens with zero attached hydrogens (tertiary/aromatic N) is 1. The Kier molecular flexibility index (Phi) is 6.26. The van der Waals surface area contributed by atoms with E-state index in [2.05, 4.69) is 0 Å². The summed E-state index contributed by atoms with van der Waals surface area (Å²) in [4.78, 5) is 25.0. The first-order valence-electron chi connectivity index (χ1n) is 7.23. The van der Waals surface area contributed by atoms with Crippen LogP contribution in [0.5, 0.6) is 0 Å². The summed E-state index contributed by atoms with van der Waals surface area (Å²) in [5.74, 6) is -2.38. The number of aliphatic hydroxyl groups is 1. The standard InChI is InChI=1S/C15H23NO5.Na/c1-6(2)13(21-5)9-7(3)11-10(8(4)17)14(18)16(11)12(9)15(19)20;/h6-8,10-11,13,17H,1-5H3,(H,19,20);/q;+1/p-1/t7-,8+,10+,11?,13-;/m0./s1. The molecule has 0 aliphatic carbocycles. The number of carboxylic acids is 1. The van der Waals surface area contributed by atoms with E-state index in [1.807, 2.05) is 20.8 Å². The number of aliphatic carboxylic acids is 1. The molecule has 1 N–H and O–H groups in total. The first-order valence-corrected chi connectivity index (χ1v) is 7.23. The van der Waals surface area contributed by atoms with E-state index in [4.69, 9.17) is 4.74 Å². The zero-order valence-electron chi connectivity index (χ0n) is 14.0. The summed E-state index contributed by atoms with van der Waals surface area (Å²) in [5, 5.41) is 21.3. The summed E-state index contributed by atoms with van der Waals surface area (Å²) < 4.78 is 5.45. The molecule has 6 nitrogen and oxygen atoms in total. The van der Waals surface area contributed by atoms with Gasteiger partial charge in [0.15, 0.2) is 0 Å². The van der Waals surface area contributed by atoms with E-state index < -0.39 is 18.0 Å². The molecule has 1 fully saturated rings. The number of β-lactam (4-membered cyclic amide) rings is 1. The van der Waals surface area contributed by atoms with Crippen LogP contribution in [0.15, 0.2) is 11.3 Å². The topological polar surface area (TPSA) is 89.9 Å². The third-order valence-electron chi connectivity index (χ3n) is 4.58. The average Bonchev–Trinajstić information content (AvgIpc) is 2.60. The van der Waals surface area contributed by atoms with Gasteiger partial charge in [0.25, 0.3) is 0 Å². The van der Waals surface area contributed by atoms with Crippen LogP contribution in [0, 0.1) is 17.8 Å². The Morgan fingerprint density at radius 3 is 2.27 bits per heavy atom. The van der Waals surface area contributed by atoms with Gasteiger partial charge >= 0.3 is 29.6 Å². The number of methoxy groups -OCH3 is 1. The fraction of sp³-hybridized carbons (Fsp3) is 0.733. The van der Waals surface area contributed by atoms with Gasteiger partial charge in [-0.15, -0.1) is 0 Å². The van der Waals surface area contributed by atoms with E-state index in [9.17, 15) is 19.8 Å². The Hall–Kier alpha value is -0.400. The molecule has 22 heavy (non-hydrogen) atoms. The van der Waals surface area contributed by atoms with Crippen molar-refractivity contribution >= 4 is 11.9 Å². The summed E-state index contributed by atoms with van der Waals surface area (Å²) in [6, 6.07) is -0.322. The maximum Gasteiger partial charge on any atom is 1.00 e. The first-order chi connectivity index (χ1) is 9.73. The van der Waals surface area contributed by atoms with Gasteiger partial charge in [0.05, 0.1) is 35.8 Å². The molecule has 118 valence electrons. The Labute approximate surface area is 152 Å². The van der Waals surface area contributed by atoms with Crippen LogP contribution in [0.25, 0.3) is 0 Å². The largest absolute Gasteiger partial charge is 1.00 e. The molecule has 1 saturated heterocycles. The molecule has 2 heterocycles. The van der Waals surface area contributed by atoms with Crippen molar-refractivity contribution in [2.75, 3.05) is 7.11 Å². The summed E-state index contributed by atoms with van der Waals surface area (Å²) in [6.07, 6.45) is -1.19. The van der Waals surface area contributed by atoms with Crippen molar-refractivity contribution in [1.29, 1.82) is 0 Å².